The molecule has 1 atom stereocenters. The Hall–Kier alpha value is -1.55. The fraction of sp³-hybridized carbons (Fsp3) is 0.562. The Kier molecular flexibility index (Phi) is 6.52. The Bertz CT molecular complexity index is 431. The summed E-state index contributed by atoms with van der Waals surface area (Å²) in [5, 5.41) is 9.07. The first-order chi connectivity index (χ1) is 9.41. The number of para-hydroxylation sites is 1. The predicted molar refractivity (Wildman–Crippen MR) is 80.4 cm³/mol. The summed E-state index contributed by atoms with van der Waals surface area (Å²) >= 11 is 0. The predicted octanol–water partition coefficient (Wildman–Crippen LogP) is 3.13. The maximum atomic E-state index is 11.1. The van der Waals surface area contributed by atoms with Gasteiger partial charge in [-0.15, -0.1) is 0 Å². The Labute approximate surface area is 121 Å². The number of hydrogen-bond donors (Lipinski definition) is 1. The van der Waals surface area contributed by atoms with Crippen molar-refractivity contribution in [2.45, 2.75) is 33.2 Å². The molecule has 0 aliphatic rings. The van der Waals surface area contributed by atoms with Crippen LogP contribution in [0.25, 0.3) is 0 Å². The van der Waals surface area contributed by atoms with Crippen LogP contribution in [0.5, 0.6) is 5.75 Å². The Morgan fingerprint density at radius 1 is 1.30 bits per heavy atom. The molecule has 112 valence electrons. The van der Waals surface area contributed by atoms with Gasteiger partial charge >= 0.3 is 5.97 Å². The molecule has 0 aliphatic heterocycles. The number of nitrogens with zero attached hydrogens (tertiary/aromatic N) is 1. The largest absolute Gasteiger partial charge is 0.491 e. The molecule has 4 nitrogen and oxygen atoms in total. The van der Waals surface area contributed by atoms with Crippen molar-refractivity contribution in [1.82, 2.24) is 4.90 Å². The first-order valence-corrected chi connectivity index (χ1v) is 7.07. The highest BCUT2D eigenvalue weighted by molar-refractivity contribution is 5.90. The summed E-state index contributed by atoms with van der Waals surface area (Å²) in [6.07, 6.45) is 1.14. The summed E-state index contributed by atoms with van der Waals surface area (Å²) in [4.78, 5) is 13.3. The highest BCUT2D eigenvalue weighted by Gasteiger charge is 2.13. The molecule has 0 aliphatic carbocycles. The minimum Gasteiger partial charge on any atom is -0.491 e. The third kappa shape index (κ3) is 5.21. The molecular weight excluding hydrogens is 254 g/mol. The van der Waals surface area contributed by atoms with E-state index in [2.05, 4.69) is 32.7 Å². The van der Waals surface area contributed by atoms with Gasteiger partial charge in [0, 0.05) is 12.6 Å². The van der Waals surface area contributed by atoms with E-state index >= 15 is 0 Å². The van der Waals surface area contributed by atoms with Gasteiger partial charge in [0.2, 0.25) is 0 Å². The van der Waals surface area contributed by atoms with Crippen LogP contribution in [0, 0.1) is 5.92 Å². The summed E-state index contributed by atoms with van der Waals surface area (Å²) in [7, 11) is 2.07. The number of carboxylic acids is 1. The van der Waals surface area contributed by atoms with Crippen LogP contribution < -0.4 is 4.74 Å². The zero-order valence-corrected chi connectivity index (χ0v) is 12.8. The first-order valence-electron chi connectivity index (χ1n) is 7.07. The van der Waals surface area contributed by atoms with Crippen molar-refractivity contribution >= 4 is 5.97 Å². The molecule has 0 amide bonds. The molecule has 1 N–H and O–H groups in total. The number of likely N-dealkylation sites (N-methyl/N-ethyl adjacent to an activating group) is 1. The normalized spacial score (nSPS) is 12.7. The van der Waals surface area contributed by atoms with E-state index in [1.807, 2.05) is 0 Å². The van der Waals surface area contributed by atoms with E-state index in [0.717, 1.165) is 13.0 Å². The van der Waals surface area contributed by atoms with Crippen LogP contribution >= 0.6 is 0 Å². The van der Waals surface area contributed by atoms with Crippen molar-refractivity contribution in [3.8, 4) is 5.75 Å². The van der Waals surface area contributed by atoms with Gasteiger partial charge in [0.25, 0.3) is 0 Å². The number of hydrogen-bond acceptors (Lipinski definition) is 3. The van der Waals surface area contributed by atoms with Gasteiger partial charge in [-0.1, -0.05) is 26.0 Å². The van der Waals surface area contributed by atoms with E-state index in [0.29, 0.717) is 24.3 Å². The second-order valence-electron chi connectivity index (χ2n) is 5.61. The molecule has 0 radical (unpaired) electrons. The van der Waals surface area contributed by atoms with Gasteiger partial charge in [-0.25, -0.2) is 4.79 Å². The van der Waals surface area contributed by atoms with E-state index in [1.54, 1.807) is 24.3 Å². The molecule has 0 heterocycles. The molecule has 0 saturated carbocycles. The maximum Gasteiger partial charge on any atom is 0.339 e. The van der Waals surface area contributed by atoms with E-state index in [1.165, 1.54) is 0 Å². The van der Waals surface area contributed by atoms with Crippen molar-refractivity contribution in [1.29, 1.82) is 0 Å². The number of carboxylic acid groups (broad SMARTS) is 1. The Balaban J connectivity index is 2.46. The molecule has 20 heavy (non-hydrogen) atoms. The lowest BCUT2D eigenvalue weighted by Gasteiger charge is -2.26. The molecule has 1 rings (SSSR count). The van der Waals surface area contributed by atoms with Crippen LogP contribution in [0.15, 0.2) is 24.3 Å². The van der Waals surface area contributed by atoms with Crippen LogP contribution in [-0.2, 0) is 0 Å². The van der Waals surface area contributed by atoms with E-state index in [-0.39, 0.29) is 5.56 Å². The molecular formula is C16H25NO3. The number of ether oxygens (including phenoxy) is 1. The van der Waals surface area contributed by atoms with E-state index in [4.69, 9.17) is 9.84 Å². The second-order valence-corrected chi connectivity index (χ2v) is 5.61. The summed E-state index contributed by atoms with van der Waals surface area (Å²) < 4.78 is 5.60. The minimum absolute atomic E-state index is 0.213. The highest BCUT2D eigenvalue weighted by atomic mass is 16.5. The third-order valence-corrected chi connectivity index (χ3v) is 3.38. The summed E-state index contributed by atoms with van der Waals surface area (Å²) in [5.41, 5.74) is 0.213. The van der Waals surface area contributed by atoms with Gasteiger partial charge in [-0.3, -0.25) is 0 Å². The number of aromatic carboxylic acids is 1. The molecule has 0 aromatic heterocycles. The van der Waals surface area contributed by atoms with Crippen molar-refractivity contribution in [3.63, 3.8) is 0 Å². The lowest BCUT2D eigenvalue weighted by atomic mass is 10.0. The third-order valence-electron chi connectivity index (χ3n) is 3.38. The van der Waals surface area contributed by atoms with Crippen LogP contribution in [0.2, 0.25) is 0 Å². The quantitative estimate of drug-likeness (QED) is 0.794. The SMILES string of the molecule is CC(C)CC(C)N(C)CCOc1ccccc1C(=O)O. The zero-order valence-electron chi connectivity index (χ0n) is 12.8. The lowest BCUT2D eigenvalue weighted by molar-refractivity contribution is 0.0691. The van der Waals surface area contributed by atoms with Gasteiger partial charge in [0.1, 0.15) is 17.9 Å². The summed E-state index contributed by atoms with van der Waals surface area (Å²) in [6.45, 7) is 7.89. The van der Waals surface area contributed by atoms with Gasteiger partial charge in [0.05, 0.1) is 0 Å². The molecule has 1 aromatic carbocycles. The van der Waals surface area contributed by atoms with Gasteiger partial charge in [-0.05, 0) is 38.4 Å². The van der Waals surface area contributed by atoms with Crippen LogP contribution in [0.3, 0.4) is 0 Å². The van der Waals surface area contributed by atoms with Crippen LogP contribution in [-0.4, -0.2) is 42.2 Å². The summed E-state index contributed by atoms with van der Waals surface area (Å²) in [5.74, 6) is 0.146. The molecule has 1 aromatic rings. The minimum atomic E-state index is -0.956. The first kappa shape index (κ1) is 16.5. The Morgan fingerprint density at radius 3 is 2.55 bits per heavy atom. The van der Waals surface area contributed by atoms with Gasteiger partial charge in [0.15, 0.2) is 0 Å². The summed E-state index contributed by atoms with van der Waals surface area (Å²) in [6, 6.07) is 7.23. The standard InChI is InChI=1S/C16H25NO3/c1-12(2)11-13(3)17(4)9-10-20-15-8-6-5-7-14(15)16(18)19/h5-8,12-13H,9-11H2,1-4H3,(H,18,19). The Morgan fingerprint density at radius 2 is 1.95 bits per heavy atom. The molecule has 0 saturated heterocycles. The van der Waals surface area contributed by atoms with Crippen molar-refractivity contribution in [3.05, 3.63) is 29.8 Å². The van der Waals surface area contributed by atoms with Crippen molar-refractivity contribution in [2.75, 3.05) is 20.2 Å². The fourth-order valence-corrected chi connectivity index (χ4v) is 2.15. The van der Waals surface area contributed by atoms with Crippen LogP contribution in [0.4, 0.5) is 0 Å². The molecule has 0 spiro atoms. The highest BCUT2D eigenvalue weighted by Crippen LogP contribution is 2.17. The average Bonchev–Trinajstić information content (AvgIpc) is 2.38. The number of rotatable bonds is 8. The lowest BCUT2D eigenvalue weighted by Crippen LogP contribution is -2.33. The molecule has 4 heteroatoms. The van der Waals surface area contributed by atoms with Gasteiger partial charge in [-0.2, -0.15) is 0 Å². The average molecular weight is 279 g/mol. The molecule has 0 fully saturated rings. The maximum absolute atomic E-state index is 11.1. The van der Waals surface area contributed by atoms with E-state index < -0.39 is 5.97 Å². The topological polar surface area (TPSA) is 49.8 Å². The van der Waals surface area contributed by atoms with Crippen LogP contribution in [0.1, 0.15) is 37.6 Å². The zero-order chi connectivity index (χ0) is 15.1. The van der Waals surface area contributed by atoms with E-state index in [9.17, 15) is 4.79 Å². The number of benzene rings is 1. The van der Waals surface area contributed by atoms with Crippen molar-refractivity contribution in [2.24, 2.45) is 5.92 Å². The fourth-order valence-electron chi connectivity index (χ4n) is 2.15. The monoisotopic (exact) mass is 279 g/mol. The van der Waals surface area contributed by atoms with Crippen molar-refractivity contribution < 1.29 is 14.6 Å². The second kappa shape index (κ2) is 7.90. The molecule has 1 unspecified atom stereocenters. The number of carbonyl (C=O) groups is 1. The van der Waals surface area contributed by atoms with Gasteiger partial charge < -0.3 is 14.7 Å². The smallest absolute Gasteiger partial charge is 0.339 e. The molecule has 0 bridgehead atoms.